The summed E-state index contributed by atoms with van der Waals surface area (Å²) >= 11 is 0. The van der Waals surface area contributed by atoms with Crippen LogP contribution in [-0.2, 0) is 9.59 Å². The van der Waals surface area contributed by atoms with Crippen molar-refractivity contribution in [3.05, 3.63) is 29.3 Å². The molecule has 0 aromatic heterocycles. The fourth-order valence-corrected chi connectivity index (χ4v) is 1.42. The highest BCUT2D eigenvalue weighted by Gasteiger charge is 2.22. The maximum atomic E-state index is 11.6. The molecule has 0 heterocycles. The lowest BCUT2D eigenvalue weighted by molar-refractivity contribution is -0.127. The lowest BCUT2D eigenvalue weighted by Gasteiger charge is -2.08. The molecule has 1 rings (SSSR count). The van der Waals surface area contributed by atoms with Crippen molar-refractivity contribution >= 4 is 17.4 Å². The molecule has 0 aliphatic heterocycles. The fraction of sp³-hybridized carbons (Fsp3) is 0.231. The predicted molar refractivity (Wildman–Crippen MR) is 64.3 cm³/mol. The average Bonchev–Trinajstić information content (AvgIpc) is 2.29. The van der Waals surface area contributed by atoms with Gasteiger partial charge in [-0.3, -0.25) is 9.59 Å². The number of amides is 1. The second kappa shape index (κ2) is 5.60. The zero-order valence-corrected chi connectivity index (χ0v) is 10.0. The Morgan fingerprint density at radius 3 is 2.44 bits per heavy atom. The van der Waals surface area contributed by atoms with Gasteiger partial charge in [-0.25, -0.2) is 0 Å². The van der Waals surface area contributed by atoms with Crippen LogP contribution in [-0.4, -0.2) is 11.7 Å². The Morgan fingerprint density at radius 1 is 1.33 bits per heavy atom. The molecule has 1 atom stereocenters. The van der Waals surface area contributed by atoms with E-state index in [4.69, 9.17) is 10.5 Å². The summed E-state index contributed by atoms with van der Waals surface area (Å²) < 4.78 is 0. The van der Waals surface area contributed by atoms with Crippen LogP contribution < -0.4 is 5.32 Å². The zero-order chi connectivity index (χ0) is 13.7. The molecular formula is C13H11N3O2. The van der Waals surface area contributed by atoms with Crippen LogP contribution >= 0.6 is 0 Å². The van der Waals surface area contributed by atoms with Crippen molar-refractivity contribution in [2.24, 2.45) is 5.92 Å². The van der Waals surface area contributed by atoms with Gasteiger partial charge in [0.2, 0.25) is 5.91 Å². The molecular weight excluding hydrogens is 230 g/mol. The number of nitrogens with one attached hydrogen (secondary N) is 1. The number of ketones is 1. The molecule has 0 aliphatic carbocycles. The van der Waals surface area contributed by atoms with Crippen molar-refractivity contribution in [2.45, 2.75) is 13.8 Å². The van der Waals surface area contributed by atoms with Crippen LogP contribution in [0.4, 0.5) is 5.69 Å². The van der Waals surface area contributed by atoms with Crippen molar-refractivity contribution in [1.82, 2.24) is 0 Å². The van der Waals surface area contributed by atoms with Crippen LogP contribution in [0.3, 0.4) is 0 Å². The third kappa shape index (κ3) is 2.93. The van der Waals surface area contributed by atoms with Gasteiger partial charge in [0.25, 0.3) is 0 Å². The van der Waals surface area contributed by atoms with Gasteiger partial charge in [0.05, 0.1) is 17.7 Å². The summed E-state index contributed by atoms with van der Waals surface area (Å²) in [6.45, 7) is 2.93. The molecule has 0 radical (unpaired) electrons. The molecule has 0 saturated carbocycles. The van der Waals surface area contributed by atoms with E-state index in [9.17, 15) is 9.59 Å². The summed E-state index contributed by atoms with van der Waals surface area (Å²) in [6, 6.07) is 8.39. The Morgan fingerprint density at radius 2 is 2.00 bits per heavy atom. The van der Waals surface area contributed by atoms with E-state index in [0.717, 1.165) is 0 Å². The number of benzene rings is 1. The standard InChI is InChI=1S/C13H11N3O2/c1-8-5-11(4-3-10(8)6-14)16-13(18)12(7-15)9(2)17/h3-5,12H,1-2H3,(H,16,18). The second-order valence-corrected chi connectivity index (χ2v) is 3.80. The van der Waals surface area contributed by atoms with Crippen LogP contribution in [0.2, 0.25) is 0 Å². The lowest BCUT2D eigenvalue weighted by atomic mass is 10.1. The SMILES string of the molecule is CC(=O)C(C#N)C(=O)Nc1ccc(C#N)c(C)c1. The van der Waals surface area contributed by atoms with E-state index >= 15 is 0 Å². The molecule has 1 amide bonds. The number of nitriles is 2. The van der Waals surface area contributed by atoms with Gasteiger partial charge in [-0.15, -0.1) is 0 Å². The first-order valence-corrected chi connectivity index (χ1v) is 5.21. The molecule has 1 aromatic carbocycles. The van der Waals surface area contributed by atoms with Crippen LogP contribution in [0.15, 0.2) is 18.2 Å². The number of aryl methyl sites for hydroxylation is 1. The monoisotopic (exact) mass is 241 g/mol. The van der Waals surface area contributed by atoms with E-state index in [0.29, 0.717) is 16.8 Å². The number of hydrogen-bond donors (Lipinski definition) is 1. The first kappa shape index (κ1) is 13.4. The first-order valence-electron chi connectivity index (χ1n) is 5.21. The molecule has 5 nitrogen and oxygen atoms in total. The van der Waals surface area contributed by atoms with Crippen molar-refractivity contribution in [3.63, 3.8) is 0 Å². The molecule has 1 aromatic rings. The summed E-state index contributed by atoms with van der Waals surface area (Å²) in [4.78, 5) is 22.7. The number of carbonyl (C=O) groups is 2. The second-order valence-electron chi connectivity index (χ2n) is 3.80. The van der Waals surface area contributed by atoms with Gasteiger partial charge in [0.15, 0.2) is 11.7 Å². The molecule has 0 fully saturated rings. The quantitative estimate of drug-likeness (QED) is 0.812. The predicted octanol–water partition coefficient (Wildman–Crippen LogP) is 1.53. The summed E-state index contributed by atoms with van der Waals surface area (Å²) in [7, 11) is 0. The topological polar surface area (TPSA) is 93.8 Å². The lowest BCUT2D eigenvalue weighted by Crippen LogP contribution is -2.26. The molecule has 1 unspecified atom stereocenters. The van der Waals surface area contributed by atoms with E-state index < -0.39 is 17.6 Å². The molecule has 0 bridgehead atoms. The van der Waals surface area contributed by atoms with Crippen LogP contribution in [0.1, 0.15) is 18.1 Å². The van der Waals surface area contributed by atoms with E-state index in [1.165, 1.54) is 6.92 Å². The van der Waals surface area contributed by atoms with Crippen molar-refractivity contribution < 1.29 is 9.59 Å². The van der Waals surface area contributed by atoms with Gasteiger partial charge >= 0.3 is 0 Å². The minimum atomic E-state index is -1.30. The Bertz CT molecular complexity index is 579. The van der Waals surface area contributed by atoms with Gasteiger partial charge in [-0.1, -0.05) is 0 Å². The average molecular weight is 241 g/mol. The van der Waals surface area contributed by atoms with E-state index in [2.05, 4.69) is 5.32 Å². The number of nitrogens with zero attached hydrogens (tertiary/aromatic N) is 2. The highest BCUT2D eigenvalue weighted by molar-refractivity contribution is 6.08. The molecule has 5 heteroatoms. The maximum Gasteiger partial charge on any atom is 0.249 e. The number of hydrogen-bond acceptors (Lipinski definition) is 4. The summed E-state index contributed by atoms with van der Waals surface area (Å²) in [6.07, 6.45) is 0. The van der Waals surface area contributed by atoms with Crippen molar-refractivity contribution in [2.75, 3.05) is 5.32 Å². The number of carbonyl (C=O) groups excluding carboxylic acids is 2. The molecule has 90 valence electrons. The van der Waals surface area contributed by atoms with E-state index in [1.54, 1.807) is 31.2 Å². The van der Waals surface area contributed by atoms with Gasteiger partial charge in [-0.05, 0) is 37.6 Å². The normalized spacial score (nSPS) is 10.9. The molecule has 0 spiro atoms. The van der Waals surface area contributed by atoms with Gasteiger partial charge in [0, 0.05) is 5.69 Å². The minimum absolute atomic E-state index is 0.456. The number of Topliss-reactive ketones (excluding diaryl/α,β-unsaturated/α-hetero) is 1. The molecule has 18 heavy (non-hydrogen) atoms. The van der Waals surface area contributed by atoms with Crippen LogP contribution in [0.25, 0.3) is 0 Å². The zero-order valence-electron chi connectivity index (χ0n) is 10.0. The fourth-order valence-electron chi connectivity index (χ4n) is 1.42. The summed E-state index contributed by atoms with van der Waals surface area (Å²) in [5, 5.41) is 19.9. The third-order valence-corrected chi connectivity index (χ3v) is 2.41. The minimum Gasteiger partial charge on any atom is -0.325 e. The number of anilines is 1. The summed E-state index contributed by atoms with van der Waals surface area (Å²) in [5.41, 5.74) is 1.68. The Hall–Kier alpha value is -2.66. The molecule has 1 N–H and O–H groups in total. The summed E-state index contributed by atoms with van der Waals surface area (Å²) in [5.74, 6) is -2.46. The van der Waals surface area contributed by atoms with E-state index in [-0.39, 0.29) is 0 Å². The van der Waals surface area contributed by atoms with Crippen LogP contribution in [0, 0.1) is 35.5 Å². The van der Waals surface area contributed by atoms with Gasteiger partial charge in [-0.2, -0.15) is 10.5 Å². The maximum absolute atomic E-state index is 11.6. The van der Waals surface area contributed by atoms with Crippen molar-refractivity contribution in [3.8, 4) is 12.1 Å². The van der Waals surface area contributed by atoms with Crippen molar-refractivity contribution in [1.29, 1.82) is 10.5 Å². The first-order chi connectivity index (χ1) is 8.49. The molecule has 0 saturated heterocycles. The highest BCUT2D eigenvalue weighted by atomic mass is 16.2. The van der Waals surface area contributed by atoms with E-state index in [1.807, 2.05) is 6.07 Å². The highest BCUT2D eigenvalue weighted by Crippen LogP contribution is 2.15. The molecule has 0 aliphatic rings. The van der Waals surface area contributed by atoms with Gasteiger partial charge < -0.3 is 5.32 Å². The van der Waals surface area contributed by atoms with Crippen LogP contribution in [0.5, 0.6) is 0 Å². The largest absolute Gasteiger partial charge is 0.325 e. The number of rotatable bonds is 3. The Labute approximate surface area is 105 Å². The van der Waals surface area contributed by atoms with Gasteiger partial charge in [0.1, 0.15) is 0 Å². The Kier molecular flexibility index (Phi) is 4.17. The Balaban J connectivity index is 2.90. The smallest absolute Gasteiger partial charge is 0.249 e. The third-order valence-electron chi connectivity index (χ3n) is 2.41.